The highest BCUT2D eigenvalue weighted by molar-refractivity contribution is 14.0. The first kappa shape index (κ1) is 25.2. The van der Waals surface area contributed by atoms with Gasteiger partial charge in [0.15, 0.2) is 0 Å². The maximum Gasteiger partial charge on any atom is 0.212 e. The standard InChI is InChI=1S/C22H24Cl2N4.HI/c1-3-26-22(25)28(4-2)27-21(15-9-17-5-11-19(23)12-6-17)16-10-18-7-13-20(24)14-8-18;/h5-16H,3-4H2,1-2H3,(H2,25,26);1H. The number of allylic oxidation sites excluding steroid dienone is 2. The van der Waals surface area contributed by atoms with Crippen LogP contribution in [0.3, 0.4) is 0 Å². The van der Waals surface area contributed by atoms with Crippen molar-refractivity contribution >= 4 is 71.0 Å². The molecule has 0 saturated heterocycles. The largest absolute Gasteiger partial charge is 0.368 e. The monoisotopic (exact) mass is 542 g/mol. The molecule has 0 saturated carbocycles. The van der Waals surface area contributed by atoms with Gasteiger partial charge in [0.05, 0.1) is 5.71 Å². The van der Waals surface area contributed by atoms with Gasteiger partial charge in [0.25, 0.3) is 0 Å². The van der Waals surface area contributed by atoms with Gasteiger partial charge in [-0.2, -0.15) is 5.10 Å². The molecule has 0 fully saturated rings. The van der Waals surface area contributed by atoms with E-state index >= 15 is 0 Å². The normalized spacial score (nSPS) is 11.5. The van der Waals surface area contributed by atoms with Crippen LogP contribution < -0.4 is 5.73 Å². The van der Waals surface area contributed by atoms with Gasteiger partial charge >= 0.3 is 0 Å². The molecule has 4 nitrogen and oxygen atoms in total. The number of guanidine groups is 1. The minimum Gasteiger partial charge on any atom is -0.368 e. The molecule has 2 N–H and O–H groups in total. The van der Waals surface area contributed by atoms with Crippen LogP contribution in [0.15, 0.2) is 70.8 Å². The molecule has 0 aliphatic carbocycles. The van der Waals surface area contributed by atoms with E-state index in [9.17, 15) is 0 Å². The number of nitrogens with two attached hydrogens (primary N) is 1. The van der Waals surface area contributed by atoms with Crippen LogP contribution in [0.1, 0.15) is 25.0 Å². The van der Waals surface area contributed by atoms with Crippen LogP contribution in [0, 0.1) is 0 Å². The Kier molecular flexibility index (Phi) is 11.7. The molecule has 2 aromatic carbocycles. The molecule has 0 bridgehead atoms. The van der Waals surface area contributed by atoms with Gasteiger partial charge in [0.1, 0.15) is 0 Å². The fourth-order valence-electron chi connectivity index (χ4n) is 2.30. The van der Waals surface area contributed by atoms with Crippen LogP contribution >= 0.6 is 47.2 Å². The Balaban J connectivity index is 0.00000420. The summed E-state index contributed by atoms with van der Waals surface area (Å²) in [6.07, 6.45) is 7.81. The minimum atomic E-state index is 0. The third-order valence-electron chi connectivity index (χ3n) is 3.75. The second kappa shape index (κ2) is 13.4. The quantitative estimate of drug-likeness (QED) is 0.192. The second-order valence-corrected chi connectivity index (χ2v) is 6.72. The van der Waals surface area contributed by atoms with Crippen molar-refractivity contribution in [1.29, 1.82) is 0 Å². The zero-order valence-electron chi connectivity index (χ0n) is 16.4. The predicted molar refractivity (Wildman–Crippen MR) is 138 cm³/mol. The number of hydrazone groups is 1. The highest BCUT2D eigenvalue weighted by atomic mass is 127. The van der Waals surface area contributed by atoms with E-state index in [2.05, 4.69) is 10.1 Å². The van der Waals surface area contributed by atoms with E-state index in [1.807, 2.05) is 86.7 Å². The van der Waals surface area contributed by atoms with E-state index in [1.165, 1.54) is 0 Å². The zero-order valence-corrected chi connectivity index (χ0v) is 20.3. The van der Waals surface area contributed by atoms with Crippen LogP contribution in [0.2, 0.25) is 10.0 Å². The van der Waals surface area contributed by atoms with Gasteiger partial charge < -0.3 is 5.73 Å². The lowest BCUT2D eigenvalue weighted by molar-refractivity contribution is 0.464. The summed E-state index contributed by atoms with van der Waals surface area (Å²) in [6, 6.07) is 15.2. The maximum atomic E-state index is 6.03. The zero-order chi connectivity index (χ0) is 20.4. The summed E-state index contributed by atoms with van der Waals surface area (Å²) in [5.74, 6) is 0.391. The molecule has 0 atom stereocenters. The highest BCUT2D eigenvalue weighted by Gasteiger charge is 2.04. The molecule has 0 spiro atoms. The second-order valence-electron chi connectivity index (χ2n) is 5.84. The average Bonchev–Trinajstić information content (AvgIpc) is 2.70. The number of aliphatic imine (C=N–C) groups is 1. The van der Waals surface area contributed by atoms with Crippen molar-refractivity contribution in [2.45, 2.75) is 13.8 Å². The molecule has 154 valence electrons. The first-order chi connectivity index (χ1) is 13.5. The summed E-state index contributed by atoms with van der Waals surface area (Å²) in [5, 5.41) is 7.73. The van der Waals surface area contributed by atoms with Crippen molar-refractivity contribution in [2.24, 2.45) is 15.8 Å². The summed E-state index contributed by atoms with van der Waals surface area (Å²) in [7, 11) is 0. The number of rotatable bonds is 7. The Hall–Kier alpha value is -1.83. The number of nitrogens with zero attached hydrogens (tertiary/aromatic N) is 3. The summed E-state index contributed by atoms with van der Waals surface area (Å²) in [4.78, 5) is 4.24. The first-order valence-electron chi connectivity index (χ1n) is 9.05. The van der Waals surface area contributed by atoms with E-state index in [0.717, 1.165) is 16.8 Å². The first-order valence-corrected chi connectivity index (χ1v) is 9.80. The fraction of sp³-hybridized carbons (Fsp3) is 0.182. The minimum absolute atomic E-state index is 0. The van der Waals surface area contributed by atoms with Gasteiger partial charge in [-0.15, -0.1) is 24.0 Å². The molecular formula is C22H25Cl2IN4. The summed E-state index contributed by atoms with van der Waals surface area (Å²) < 4.78 is 0. The third kappa shape index (κ3) is 9.02. The Morgan fingerprint density at radius 1 is 0.897 bits per heavy atom. The number of benzene rings is 2. The molecule has 0 unspecified atom stereocenters. The van der Waals surface area contributed by atoms with Gasteiger partial charge in [0.2, 0.25) is 5.96 Å². The smallest absolute Gasteiger partial charge is 0.212 e. The molecule has 0 aliphatic rings. The summed E-state index contributed by atoms with van der Waals surface area (Å²) >= 11 is 11.9. The molecule has 0 aliphatic heterocycles. The van der Waals surface area contributed by atoms with Crippen molar-refractivity contribution in [1.82, 2.24) is 5.01 Å². The van der Waals surface area contributed by atoms with E-state index in [-0.39, 0.29) is 24.0 Å². The van der Waals surface area contributed by atoms with Crippen molar-refractivity contribution in [3.8, 4) is 0 Å². The van der Waals surface area contributed by atoms with Gasteiger partial charge in [-0.25, -0.2) is 5.01 Å². The molecule has 0 aromatic heterocycles. The van der Waals surface area contributed by atoms with Gasteiger partial charge in [0, 0.05) is 23.1 Å². The van der Waals surface area contributed by atoms with Crippen LogP contribution in [0.4, 0.5) is 0 Å². The molecule has 2 aromatic rings. The van der Waals surface area contributed by atoms with Crippen molar-refractivity contribution in [2.75, 3.05) is 13.1 Å². The number of halogens is 3. The third-order valence-corrected chi connectivity index (χ3v) is 4.26. The predicted octanol–water partition coefficient (Wildman–Crippen LogP) is 6.35. The van der Waals surface area contributed by atoms with Crippen LogP contribution in [-0.2, 0) is 0 Å². The van der Waals surface area contributed by atoms with Gasteiger partial charge in [-0.1, -0.05) is 59.6 Å². The van der Waals surface area contributed by atoms with E-state index < -0.39 is 0 Å². The molecule has 0 radical (unpaired) electrons. The lowest BCUT2D eigenvalue weighted by atomic mass is 10.1. The number of hydrogen-bond donors (Lipinski definition) is 1. The van der Waals surface area contributed by atoms with Gasteiger partial charge in [-0.3, -0.25) is 4.99 Å². The summed E-state index contributed by atoms with van der Waals surface area (Å²) in [5.41, 5.74) is 8.81. The van der Waals surface area contributed by atoms with Crippen molar-refractivity contribution in [3.05, 3.63) is 81.9 Å². The van der Waals surface area contributed by atoms with Gasteiger partial charge in [-0.05, 0) is 61.4 Å². The van der Waals surface area contributed by atoms with E-state index in [4.69, 9.17) is 28.9 Å². The fourth-order valence-corrected chi connectivity index (χ4v) is 2.55. The topological polar surface area (TPSA) is 54.0 Å². The number of hydrogen-bond acceptors (Lipinski definition) is 2. The van der Waals surface area contributed by atoms with E-state index in [0.29, 0.717) is 29.1 Å². The molecular weight excluding hydrogens is 518 g/mol. The molecule has 7 heteroatoms. The van der Waals surface area contributed by atoms with Crippen molar-refractivity contribution < 1.29 is 0 Å². The average molecular weight is 543 g/mol. The molecule has 2 rings (SSSR count). The SMILES string of the molecule is CCN=C(N)N(CC)N=C(C=Cc1ccc(Cl)cc1)C=Cc1ccc(Cl)cc1.I. The molecule has 0 amide bonds. The Bertz CT molecular complexity index is 815. The Morgan fingerprint density at radius 3 is 1.72 bits per heavy atom. The molecule has 0 heterocycles. The van der Waals surface area contributed by atoms with E-state index in [1.54, 1.807) is 5.01 Å². The Labute approximate surface area is 199 Å². The van der Waals surface area contributed by atoms with Crippen molar-refractivity contribution in [3.63, 3.8) is 0 Å². The highest BCUT2D eigenvalue weighted by Crippen LogP contribution is 2.12. The van der Waals surface area contributed by atoms with Crippen LogP contribution in [0.5, 0.6) is 0 Å². The maximum absolute atomic E-state index is 6.03. The molecule has 29 heavy (non-hydrogen) atoms. The van der Waals surface area contributed by atoms with Crippen LogP contribution in [0.25, 0.3) is 12.2 Å². The Morgan fingerprint density at radius 2 is 1.34 bits per heavy atom. The van der Waals surface area contributed by atoms with Crippen LogP contribution in [-0.4, -0.2) is 29.8 Å². The lowest BCUT2D eigenvalue weighted by Crippen LogP contribution is -2.33. The summed E-state index contributed by atoms with van der Waals surface area (Å²) in [6.45, 7) is 5.13. The lowest BCUT2D eigenvalue weighted by Gasteiger charge is -2.16.